The highest BCUT2D eigenvalue weighted by Gasteiger charge is 2.20. The summed E-state index contributed by atoms with van der Waals surface area (Å²) in [7, 11) is 0. The maximum absolute atomic E-state index is 4.67. The van der Waals surface area contributed by atoms with Gasteiger partial charge in [-0.05, 0) is 55.9 Å². The van der Waals surface area contributed by atoms with Crippen molar-refractivity contribution in [3.8, 4) is 16.9 Å². The molecule has 1 aliphatic carbocycles. The minimum Gasteiger partial charge on any atom is -0.384 e. The molecule has 0 amide bonds. The van der Waals surface area contributed by atoms with Crippen molar-refractivity contribution >= 4 is 5.69 Å². The molecule has 0 unspecified atom stereocenters. The van der Waals surface area contributed by atoms with Crippen LogP contribution in [0.15, 0.2) is 43.0 Å². The van der Waals surface area contributed by atoms with Crippen LogP contribution in [0.3, 0.4) is 0 Å². The number of anilines is 1. The number of hydrogen-bond acceptors (Lipinski definition) is 4. The van der Waals surface area contributed by atoms with Gasteiger partial charge in [0, 0.05) is 30.2 Å². The quantitative estimate of drug-likeness (QED) is 0.688. The first-order chi connectivity index (χ1) is 12.7. The van der Waals surface area contributed by atoms with E-state index in [1.54, 1.807) is 0 Å². The first-order valence-electron chi connectivity index (χ1n) is 9.44. The normalized spacial score (nSPS) is 13.8. The molecule has 3 aromatic heterocycles. The molecule has 134 valence electrons. The van der Waals surface area contributed by atoms with Gasteiger partial charge in [-0.1, -0.05) is 13.3 Å². The van der Waals surface area contributed by atoms with Gasteiger partial charge in [-0.2, -0.15) is 5.10 Å². The Hall–Kier alpha value is -2.69. The van der Waals surface area contributed by atoms with Crippen molar-refractivity contribution in [2.75, 3.05) is 11.9 Å². The number of rotatable bonds is 7. The molecule has 0 radical (unpaired) electrons. The van der Waals surface area contributed by atoms with Gasteiger partial charge in [-0.3, -0.25) is 9.97 Å². The highest BCUT2D eigenvalue weighted by atomic mass is 15.3. The number of nitrogens with one attached hydrogen (secondary N) is 1. The molecule has 0 aliphatic heterocycles. The van der Waals surface area contributed by atoms with Gasteiger partial charge in [0.2, 0.25) is 0 Å². The third-order valence-electron chi connectivity index (χ3n) is 4.80. The first kappa shape index (κ1) is 16.8. The van der Waals surface area contributed by atoms with Crippen molar-refractivity contribution in [2.45, 2.75) is 39.5 Å². The average Bonchev–Trinajstić information content (AvgIpc) is 3.35. The Kier molecular flexibility index (Phi) is 4.69. The van der Waals surface area contributed by atoms with E-state index in [4.69, 9.17) is 0 Å². The van der Waals surface area contributed by atoms with E-state index in [9.17, 15) is 0 Å². The summed E-state index contributed by atoms with van der Waals surface area (Å²) in [4.78, 5) is 9.09. The Labute approximate surface area is 154 Å². The molecule has 26 heavy (non-hydrogen) atoms. The number of pyridine rings is 2. The largest absolute Gasteiger partial charge is 0.384 e. The highest BCUT2D eigenvalue weighted by molar-refractivity contribution is 5.64. The molecule has 4 rings (SSSR count). The zero-order chi connectivity index (χ0) is 17.9. The van der Waals surface area contributed by atoms with Crippen LogP contribution in [0.5, 0.6) is 0 Å². The highest BCUT2D eigenvalue weighted by Crippen LogP contribution is 2.29. The second-order valence-electron chi connectivity index (χ2n) is 7.14. The molecule has 0 bridgehead atoms. The van der Waals surface area contributed by atoms with E-state index in [1.807, 2.05) is 35.5 Å². The van der Waals surface area contributed by atoms with Crippen molar-refractivity contribution < 1.29 is 0 Å². The number of aromatic nitrogens is 4. The zero-order valence-electron chi connectivity index (χ0n) is 15.4. The van der Waals surface area contributed by atoms with E-state index in [0.717, 1.165) is 59.2 Å². The summed E-state index contributed by atoms with van der Waals surface area (Å²) in [5.41, 5.74) is 6.41. The monoisotopic (exact) mass is 347 g/mol. The topological polar surface area (TPSA) is 55.6 Å². The van der Waals surface area contributed by atoms with Crippen molar-refractivity contribution in [3.05, 3.63) is 54.2 Å². The van der Waals surface area contributed by atoms with Gasteiger partial charge < -0.3 is 5.32 Å². The molecule has 1 saturated carbocycles. The Morgan fingerprint density at radius 3 is 2.85 bits per heavy atom. The number of aryl methyl sites for hydroxylation is 2. The molecule has 3 aromatic rings. The molecule has 0 atom stereocenters. The van der Waals surface area contributed by atoms with E-state index in [2.05, 4.69) is 46.4 Å². The van der Waals surface area contributed by atoms with Crippen molar-refractivity contribution in [1.82, 2.24) is 19.7 Å². The van der Waals surface area contributed by atoms with E-state index < -0.39 is 0 Å². The summed E-state index contributed by atoms with van der Waals surface area (Å²) < 4.78 is 1.90. The molecule has 1 fully saturated rings. The molecule has 5 heteroatoms. The number of nitrogens with zero attached hydrogens (tertiary/aromatic N) is 4. The minimum atomic E-state index is 0.853. The molecule has 3 heterocycles. The van der Waals surface area contributed by atoms with Crippen LogP contribution in [0.4, 0.5) is 5.69 Å². The lowest BCUT2D eigenvalue weighted by Gasteiger charge is -2.08. The van der Waals surface area contributed by atoms with E-state index in [0.29, 0.717) is 0 Å². The predicted molar refractivity (Wildman–Crippen MR) is 105 cm³/mol. The lowest BCUT2D eigenvalue weighted by Crippen LogP contribution is -2.04. The van der Waals surface area contributed by atoms with Gasteiger partial charge in [0.15, 0.2) is 0 Å². The summed E-state index contributed by atoms with van der Waals surface area (Å²) in [5.74, 6) is 0.853. The van der Waals surface area contributed by atoms with Crippen LogP contribution in [0, 0.1) is 12.8 Å². The Bertz CT molecular complexity index is 895. The molecule has 0 aromatic carbocycles. The fourth-order valence-corrected chi connectivity index (χ4v) is 3.14. The molecular weight excluding hydrogens is 322 g/mol. The lowest BCUT2D eigenvalue weighted by atomic mass is 10.1. The summed E-state index contributed by atoms with van der Waals surface area (Å²) in [6.45, 7) is 5.33. The third-order valence-corrected chi connectivity index (χ3v) is 4.80. The summed E-state index contributed by atoms with van der Waals surface area (Å²) in [6, 6.07) is 6.26. The average molecular weight is 347 g/mol. The second-order valence-corrected chi connectivity index (χ2v) is 7.14. The van der Waals surface area contributed by atoms with Gasteiger partial charge in [0.05, 0.1) is 29.5 Å². The fraction of sp³-hybridized carbons (Fsp3) is 0.381. The first-order valence-corrected chi connectivity index (χ1v) is 9.44. The van der Waals surface area contributed by atoms with Crippen LogP contribution in [0.2, 0.25) is 0 Å². The SMILES string of the molecule is CCCc1cc(-n2cc(-c3ncc(NCC4CC4)cc3C)cn2)ccn1. The Morgan fingerprint density at radius 1 is 1.19 bits per heavy atom. The van der Waals surface area contributed by atoms with Crippen LogP contribution in [-0.4, -0.2) is 26.3 Å². The van der Waals surface area contributed by atoms with E-state index >= 15 is 0 Å². The van der Waals surface area contributed by atoms with Crippen LogP contribution in [0.25, 0.3) is 16.9 Å². The standard InChI is InChI=1S/C21H25N5/c1-3-4-18-10-20(7-8-22-18)26-14-17(12-25-26)21-15(2)9-19(13-24-21)23-11-16-5-6-16/h7-10,12-14,16,23H,3-6,11H2,1-2H3. The van der Waals surface area contributed by atoms with Crippen molar-refractivity contribution in [3.63, 3.8) is 0 Å². The number of hydrogen-bond donors (Lipinski definition) is 1. The van der Waals surface area contributed by atoms with Gasteiger partial charge in [0.25, 0.3) is 0 Å². The predicted octanol–water partition coefficient (Wildman–Crippen LogP) is 4.41. The van der Waals surface area contributed by atoms with Crippen LogP contribution in [0.1, 0.15) is 37.4 Å². The van der Waals surface area contributed by atoms with Gasteiger partial charge >= 0.3 is 0 Å². The molecule has 0 saturated heterocycles. The van der Waals surface area contributed by atoms with Crippen LogP contribution < -0.4 is 5.32 Å². The smallest absolute Gasteiger partial charge is 0.0764 e. The molecular formula is C21H25N5. The molecule has 1 aliphatic rings. The zero-order valence-corrected chi connectivity index (χ0v) is 15.4. The van der Waals surface area contributed by atoms with E-state index in [-0.39, 0.29) is 0 Å². The van der Waals surface area contributed by atoms with E-state index in [1.165, 1.54) is 12.8 Å². The Balaban J connectivity index is 1.54. The van der Waals surface area contributed by atoms with Crippen LogP contribution in [-0.2, 0) is 6.42 Å². The summed E-state index contributed by atoms with van der Waals surface area (Å²) in [5, 5.41) is 8.01. The lowest BCUT2D eigenvalue weighted by molar-refractivity contribution is 0.848. The molecule has 0 spiro atoms. The van der Waals surface area contributed by atoms with Crippen LogP contribution >= 0.6 is 0 Å². The van der Waals surface area contributed by atoms with Gasteiger partial charge in [-0.15, -0.1) is 0 Å². The maximum Gasteiger partial charge on any atom is 0.0764 e. The Morgan fingerprint density at radius 2 is 2.08 bits per heavy atom. The fourth-order valence-electron chi connectivity index (χ4n) is 3.14. The minimum absolute atomic E-state index is 0.853. The molecule has 1 N–H and O–H groups in total. The summed E-state index contributed by atoms with van der Waals surface area (Å²) in [6.07, 6.45) is 12.5. The maximum atomic E-state index is 4.67. The van der Waals surface area contributed by atoms with Crippen molar-refractivity contribution in [2.24, 2.45) is 5.92 Å². The van der Waals surface area contributed by atoms with Gasteiger partial charge in [0.1, 0.15) is 0 Å². The summed E-state index contributed by atoms with van der Waals surface area (Å²) >= 11 is 0. The third kappa shape index (κ3) is 3.77. The second kappa shape index (κ2) is 7.28. The van der Waals surface area contributed by atoms with Gasteiger partial charge in [-0.25, -0.2) is 4.68 Å². The van der Waals surface area contributed by atoms with Crippen molar-refractivity contribution in [1.29, 1.82) is 0 Å². The molecule has 5 nitrogen and oxygen atoms in total.